The first kappa shape index (κ1) is 25.2. The highest BCUT2D eigenvalue weighted by molar-refractivity contribution is 6.02. The fraction of sp³-hybridized carbons (Fsp3) is 0.800. The van der Waals surface area contributed by atoms with Crippen molar-refractivity contribution in [2.24, 2.45) is 23.3 Å². The van der Waals surface area contributed by atoms with Gasteiger partial charge in [0.2, 0.25) is 5.91 Å². The van der Waals surface area contributed by atoms with Gasteiger partial charge in [-0.05, 0) is 38.3 Å². The Morgan fingerprint density at radius 1 is 1.24 bits per heavy atom. The van der Waals surface area contributed by atoms with Gasteiger partial charge >= 0.3 is 12.2 Å². The minimum atomic E-state index is -4.72. The number of nitrogens with one attached hydrogen (secondary N) is 1. The van der Waals surface area contributed by atoms with Crippen molar-refractivity contribution in [3.8, 4) is 0 Å². The normalized spacial score (nSPS) is 36.2. The Balaban J connectivity index is 1.75. The molecule has 6 unspecified atom stereocenters. The lowest BCUT2D eigenvalue weighted by Crippen LogP contribution is -2.74. The smallest absolute Gasteiger partial charge is 0.354 e. The van der Waals surface area contributed by atoms with Crippen LogP contribution in [0.2, 0.25) is 0 Å². The Bertz CT molecular complexity index is 881. The molecule has 3 fully saturated rings. The van der Waals surface area contributed by atoms with Crippen molar-refractivity contribution < 1.29 is 40.7 Å². The highest BCUT2D eigenvalue weighted by Gasteiger charge is 2.65. The summed E-state index contributed by atoms with van der Waals surface area (Å²) >= 11 is 0. The van der Waals surface area contributed by atoms with Crippen molar-refractivity contribution >= 4 is 11.9 Å². The van der Waals surface area contributed by atoms with E-state index in [0.29, 0.717) is 12.8 Å². The van der Waals surface area contributed by atoms with Crippen LogP contribution in [0.1, 0.15) is 26.2 Å². The third kappa shape index (κ3) is 3.88. The van der Waals surface area contributed by atoms with Gasteiger partial charge in [0.25, 0.3) is 6.43 Å². The van der Waals surface area contributed by atoms with E-state index in [1.54, 1.807) is 0 Å². The van der Waals surface area contributed by atoms with Crippen molar-refractivity contribution in [3.63, 3.8) is 0 Å². The summed E-state index contributed by atoms with van der Waals surface area (Å²) in [6.45, 7) is 0.379. The van der Waals surface area contributed by atoms with E-state index in [4.69, 9.17) is 16.2 Å². The number of nitrogens with zero attached hydrogens (tertiary/aromatic N) is 2. The largest absolute Gasteiger partial charge is 0.415 e. The van der Waals surface area contributed by atoms with Crippen LogP contribution in [0.5, 0.6) is 0 Å². The summed E-state index contributed by atoms with van der Waals surface area (Å²) in [6, 6.07) is -2.60. The fourth-order valence-corrected chi connectivity index (χ4v) is 5.61. The standard InChI is InChI=1S/C20H27F6N5O3/c1-8-12-11(16(32)29-18(33)31(12)10-2-3-10)19(28,17(22)23)14(21)13(8)30-5-4-9(6-30)15(34-7-27)20(24,25)26/h9-11,13-15,17H,2-7,27-28H2,1H3,(H,29,32,33). The molecule has 0 aromatic heterocycles. The monoisotopic (exact) mass is 499 g/mol. The molecule has 2 heterocycles. The summed E-state index contributed by atoms with van der Waals surface area (Å²) in [4.78, 5) is 27.7. The number of likely N-dealkylation sites (tertiary alicyclic amines) is 1. The molecule has 2 saturated heterocycles. The van der Waals surface area contributed by atoms with Gasteiger partial charge in [0.15, 0.2) is 6.10 Å². The maximum absolute atomic E-state index is 15.9. The van der Waals surface area contributed by atoms with Crippen LogP contribution < -0.4 is 16.8 Å². The van der Waals surface area contributed by atoms with Crippen molar-refractivity contribution in [2.75, 3.05) is 19.8 Å². The van der Waals surface area contributed by atoms with Gasteiger partial charge in [-0.15, -0.1) is 0 Å². The van der Waals surface area contributed by atoms with Crippen LogP contribution in [-0.4, -0.2) is 84.1 Å². The molecule has 0 spiro atoms. The van der Waals surface area contributed by atoms with E-state index in [1.807, 2.05) is 5.32 Å². The second-order valence-electron chi connectivity index (χ2n) is 9.38. The maximum Gasteiger partial charge on any atom is 0.415 e. The summed E-state index contributed by atoms with van der Waals surface area (Å²) in [5, 5.41) is 2.01. The van der Waals surface area contributed by atoms with E-state index in [1.165, 1.54) is 16.7 Å². The quantitative estimate of drug-likeness (QED) is 0.377. The minimum absolute atomic E-state index is 0.0442. The predicted molar refractivity (Wildman–Crippen MR) is 106 cm³/mol. The van der Waals surface area contributed by atoms with E-state index >= 15 is 4.39 Å². The zero-order valence-electron chi connectivity index (χ0n) is 18.3. The lowest BCUT2D eigenvalue weighted by molar-refractivity contribution is -0.234. The number of carbonyl (C=O) groups is 2. The molecule has 4 aliphatic rings. The van der Waals surface area contributed by atoms with Crippen LogP contribution in [-0.2, 0) is 9.53 Å². The number of urea groups is 1. The van der Waals surface area contributed by atoms with Gasteiger partial charge in [-0.1, -0.05) is 0 Å². The molecule has 3 amide bonds. The molecule has 192 valence electrons. The lowest BCUT2D eigenvalue weighted by Gasteiger charge is -2.52. The Labute approximate surface area is 191 Å². The summed E-state index contributed by atoms with van der Waals surface area (Å²) in [7, 11) is 0. The van der Waals surface area contributed by atoms with E-state index in [-0.39, 0.29) is 36.8 Å². The number of fused-ring (bicyclic) bond motifs is 1. The molecule has 0 bridgehead atoms. The van der Waals surface area contributed by atoms with E-state index in [2.05, 4.69) is 0 Å². The first-order valence-electron chi connectivity index (χ1n) is 11.0. The number of halogens is 6. The average molecular weight is 499 g/mol. The number of carbonyl (C=O) groups excluding carboxylic acids is 2. The Kier molecular flexibility index (Phi) is 6.41. The van der Waals surface area contributed by atoms with E-state index < -0.39 is 67.0 Å². The van der Waals surface area contributed by atoms with Crippen molar-refractivity contribution in [1.29, 1.82) is 0 Å². The molecular formula is C20H27F6N5O3. The summed E-state index contributed by atoms with van der Waals surface area (Å²) in [5.74, 6) is -4.05. The van der Waals surface area contributed by atoms with Crippen LogP contribution in [0.15, 0.2) is 11.3 Å². The first-order chi connectivity index (χ1) is 15.8. The average Bonchev–Trinajstić information content (AvgIpc) is 3.46. The first-order valence-corrected chi connectivity index (χ1v) is 11.0. The van der Waals surface area contributed by atoms with E-state index in [0.717, 1.165) is 0 Å². The molecule has 6 atom stereocenters. The number of hydrogen-bond donors (Lipinski definition) is 3. The fourth-order valence-electron chi connectivity index (χ4n) is 5.61. The molecule has 14 heteroatoms. The molecule has 0 radical (unpaired) electrons. The number of hydrogen-bond acceptors (Lipinski definition) is 6. The Morgan fingerprint density at radius 2 is 1.88 bits per heavy atom. The molecule has 34 heavy (non-hydrogen) atoms. The van der Waals surface area contributed by atoms with Crippen molar-refractivity contribution in [3.05, 3.63) is 11.3 Å². The van der Waals surface area contributed by atoms with Gasteiger partial charge < -0.3 is 16.2 Å². The molecule has 4 rings (SSSR count). The van der Waals surface area contributed by atoms with E-state index in [9.17, 15) is 31.5 Å². The van der Waals surface area contributed by atoms with Crippen molar-refractivity contribution in [2.45, 2.75) is 68.7 Å². The van der Waals surface area contributed by atoms with Crippen LogP contribution in [0.4, 0.5) is 31.1 Å². The van der Waals surface area contributed by atoms with Gasteiger partial charge in [0, 0.05) is 24.2 Å². The molecule has 5 N–H and O–H groups in total. The zero-order chi connectivity index (χ0) is 25.2. The summed E-state index contributed by atoms with van der Waals surface area (Å²) < 4.78 is 89.7. The SMILES string of the molecule is CC1=C2C(C(=O)NC(=O)N2C2CC2)C(N)(C(F)F)C(F)C1N1CCC(C(OCN)C(F)(F)F)C1. The van der Waals surface area contributed by atoms with Gasteiger partial charge in [0.1, 0.15) is 17.6 Å². The number of rotatable bonds is 6. The van der Waals surface area contributed by atoms with Crippen LogP contribution in [0.3, 0.4) is 0 Å². The van der Waals surface area contributed by atoms with Crippen molar-refractivity contribution in [1.82, 2.24) is 15.1 Å². The van der Waals surface area contributed by atoms with Gasteiger partial charge in [0.05, 0.1) is 12.8 Å². The highest BCUT2D eigenvalue weighted by Crippen LogP contribution is 2.49. The van der Waals surface area contributed by atoms with Gasteiger partial charge in [-0.2, -0.15) is 13.2 Å². The molecule has 2 aliphatic carbocycles. The number of imide groups is 1. The van der Waals surface area contributed by atoms with Crippen LogP contribution in [0.25, 0.3) is 0 Å². The summed E-state index contributed by atoms with van der Waals surface area (Å²) in [6.07, 6.45) is -11.8. The second kappa shape index (κ2) is 8.64. The van der Waals surface area contributed by atoms with Crippen LogP contribution in [0, 0.1) is 11.8 Å². The predicted octanol–water partition coefficient (Wildman–Crippen LogP) is 1.46. The number of amides is 3. The Morgan fingerprint density at radius 3 is 2.41 bits per heavy atom. The highest BCUT2D eigenvalue weighted by atomic mass is 19.4. The van der Waals surface area contributed by atoms with Crippen LogP contribution >= 0.6 is 0 Å². The molecular weight excluding hydrogens is 472 g/mol. The molecule has 2 aliphatic heterocycles. The molecule has 0 aromatic carbocycles. The number of nitrogens with two attached hydrogens (primary N) is 2. The molecule has 0 aromatic rings. The lowest BCUT2D eigenvalue weighted by atomic mass is 9.67. The zero-order valence-corrected chi connectivity index (χ0v) is 18.3. The third-order valence-electron chi connectivity index (χ3n) is 7.31. The third-order valence-corrected chi connectivity index (χ3v) is 7.31. The molecule has 8 nitrogen and oxygen atoms in total. The summed E-state index contributed by atoms with van der Waals surface area (Å²) in [5.41, 5.74) is 8.18. The Hall–Kier alpha value is -1.90. The second-order valence-corrected chi connectivity index (χ2v) is 9.38. The number of alkyl halides is 6. The maximum atomic E-state index is 15.9. The van der Waals surface area contributed by atoms with Gasteiger partial charge in [-0.3, -0.25) is 19.9 Å². The number of ether oxygens (including phenoxy) is 1. The van der Waals surface area contributed by atoms with Gasteiger partial charge in [-0.25, -0.2) is 18.0 Å². The molecule has 1 saturated carbocycles. The topological polar surface area (TPSA) is 114 Å². The minimum Gasteiger partial charge on any atom is -0.354 e.